The number of benzene rings is 1. The molecule has 1 aliphatic rings. The summed E-state index contributed by atoms with van der Waals surface area (Å²) in [7, 11) is 1.43. The van der Waals surface area contributed by atoms with E-state index in [2.05, 4.69) is 5.10 Å². The van der Waals surface area contributed by atoms with Crippen LogP contribution < -0.4 is 4.74 Å². The molecule has 0 aromatic heterocycles. The van der Waals surface area contributed by atoms with Crippen LogP contribution in [0.25, 0.3) is 0 Å². The number of hydrazone groups is 1. The second kappa shape index (κ2) is 5.84. The third-order valence-electron chi connectivity index (χ3n) is 3.66. The third-order valence-corrected chi connectivity index (χ3v) is 3.66. The first kappa shape index (κ1) is 17.3. The average molecular weight is 330 g/mol. The first-order valence-corrected chi connectivity index (χ1v) is 6.95. The molecule has 2 rings (SSSR count). The van der Waals surface area contributed by atoms with Crippen molar-refractivity contribution in [3.8, 4) is 5.75 Å². The van der Waals surface area contributed by atoms with E-state index in [-0.39, 0.29) is 22.2 Å². The molecule has 1 aromatic rings. The number of halogens is 3. The molecule has 23 heavy (non-hydrogen) atoms. The third kappa shape index (κ3) is 3.03. The zero-order valence-electron chi connectivity index (χ0n) is 12.9. The minimum Gasteiger partial charge on any atom is -0.497 e. The van der Waals surface area contributed by atoms with E-state index < -0.39 is 24.2 Å². The molecule has 0 fully saturated rings. The van der Waals surface area contributed by atoms with Gasteiger partial charge in [0.05, 0.1) is 7.11 Å². The first-order chi connectivity index (χ1) is 10.6. The van der Waals surface area contributed by atoms with Gasteiger partial charge in [0.15, 0.2) is 0 Å². The summed E-state index contributed by atoms with van der Waals surface area (Å²) in [6, 6.07) is 5.54. The van der Waals surface area contributed by atoms with Crippen molar-refractivity contribution in [2.75, 3.05) is 7.11 Å². The molecule has 1 heterocycles. The predicted octanol–water partition coefficient (Wildman–Crippen LogP) is 2.80. The summed E-state index contributed by atoms with van der Waals surface area (Å²) in [6.45, 7) is 3.30. The van der Waals surface area contributed by atoms with Crippen molar-refractivity contribution >= 4 is 11.6 Å². The minimum atomic E-state index is -5.02. The molecule has 0 saturated carbocycles. The van der Waals surface area contributed by atoms with Crippen LogP contribution in [0.15, 0.2) is 29.4 Å². The van der Waals surface area contributed by atoms with E-state index >= 15 is 0 Å². The highest BCUT2D eigenvalue weighted by atomic mass is 19.4. The fraction of sp³-hybridized carbons (Fsp3) is 0.467. The van der Waals surface area contributed by atoms with Gasteiger partial charge in [0, 0.05) is 17.7 Å². The summed E-state index contributed by atoms with van der Waals surface area (Å²) in [5.74, 6) is -0.888. The molecule has 0 saturated heterocycles. The summed E-state index contributed by atoms with van der Waals surface area (Å²) in [5, 5.41) is 13.9. The van der Waals surface area contributed by atoms with E-state index in [1.807, 2.05) is 0 Å². The van der Waals surface area contributed by atoms with Gasteiger partial charge < -0.3 is 9.84 Å². The van der Waals surface area contributed by atoms with Gasteiger partial charge in [-0.05, 0) is 30.2 Å². The first-order valence-electron chi connectivity index (χ1n) is 6.95. The van der Waals surface area contributed by atoms with E-state index in [1.54, 1.807) is 13.8 Å². The average Bonchev–Trinajstić information content (AvgIpc) is 2.86. The van der Waals surface area contributed by atoms with E-state index in [9.17, 15) is 23.1 Å². The molecule has 1 atom stereocenters. The molecule has 0 spiro atoms. The van der Waals surface area contributed by atoms with Crippen LogP contribution in [0, 0.1) is 5.92 Å². The maximum Gasteiger partial charge on any atom is 0.438 e. The SMILES string of the molecule is COc1ccc(C(=O)N2N=C(C(C)C)CC2(O)C(F)(F)F)cc1. The van der Waals surface area contributed by atoms with Gasteiger partial charge in [-0.25, -0.2) is 0 Å². The Hall–Kier alpha value is -2.09. The molecule has 1 N–H and O–H groups in total. The second-order valence-corrected chi connectivity index (χ2v) is 5.58. The number of rotatable bonds is 3. The lowest BCUT2D eigenvalue weighted by atomic mass is 9.99. The fourth-order valence-electron chi connectivity index (χ4n) is 2.18. The summed E-state index contributed by atoms with van der Waals surface area (Å²) in [4.78, 5) is 12.4. The number of carbonyl (C=O) groups excluding carboxylic acids is 1. The zero-order valence-corrected chi connectivity index (χ0v) is 12.9. The van der Waals surface area contributed by atoms with E-state index in [0.717, 1.165) is 0 Å². The maximum absolute atomic E-state index is 13.3. The topological polar surface area (TPSA) is 62.1 Å². The Morgan fingerprint density at radius 1 is 1.35 bits per heavy atom. The van der Waals surface area contributed by atoms with Crippen molar-refractivity contribution in [2.24, 2.45) is 11.0 Å². The smallest absolute Gasteiger partial charge is 0.438 e. The van der Waals surface area contributed by atoms with Crippen LogP contribution in [-0.4, -0.2) is 40.7 Å². The Morgan fingerprint density at radius 2 is 1.91 bits per heavy atom. The summed E-state index contributed by atoms with van der Waals surface area (Å²) >= 11 is 0. The van der Waals surface area contributed by atoms with Crippen molar-refractivity contribution in [1.29, 1.82) is 0 Å². The summed E-state index contributed by atoms with van der Waals surface area (Å²) in [5.41, 5.74) is -3.24. The predicted molar refractivity (Wildman–Crippen MR) is 77.1 cm³/mol. The molecule has 126 valence electrons. The molecule has 0 aliphatic carbocycles. The lowest BCUT2D eigenvalue weighted by Gasteiger charge is -2.32. The molecule has 0 radical (unpaired) electrons. The number of aliphatic hydroxyl groups is 1. The number of hydrogen-bond acceptors (Lipinski definition) is 4. The Kier molecular flexibility index (Phi) is 4.39. The summed E-state index contributed by atoms with van der Waals surface area (Å²) < 4.78 is 44.8. The van der Waals surface area contributed by atoms with Crippen LogP contribution in [0.1, 0.15) is 30.6 Å². The van der Waals surface area contributed by atoms with Crippen LogP contribution in [0.5, 0.6) is 5.75 Å². The summed E-state index contributed by atoms with van der Waals surface area (Å²) in [6.07, 6.45) is -5.77. The van der Waals surface area contributed by atoms with E-state index in [1.165, 1.54) is 31.4 Å². The monoisotopic (exact) mass is 330 g/mol. The van der Waals surface area contributed by atoms with Crippen molar-refractivity contribution in [1.82, 2.24) is 5.01 Å². The molecular weight excluding hydrogens is 313 g/mol. The van der Waals surface area contributed by atoms with Crippen LogP contribution in [-0.2, 0) is 0 Å². The zero-order chi connectivity index (χ0) is 17.4. The van der Waals surface area contributed by atoms with Gasteiger partial charge in [-0.3, -0.25) is 4.79 Å². The highest BCUT2D eigenvalue weighted by Crippen LogP contribution is 2.42. The highest BCUT2D eigenvalue weighted by molar-refractivity contribution is 5.98. The number of methoxy groups -OCH3 is 1. The van der Waals surface area contributed by atoms with Gasteiger partial charge in [-0.1, -0.05) is 13.8 Å². The highest BCUT2D eigenvalue weighted by Gasteiger charge is 2.63. The molecular formula is C15H17F3N2O3. The molecule has 1 aromatic carbocycles. The lowest BCUT2D eigenvalue weighted by molar-refractivity contribution is -0.297. The number of alkyl halides is 3. The second-order valence-electron chi connectivity index (χ2n) is 5.58. The number of nitrogens with zero attached hydrogens (tertiary/aromatic N) is 2. The molecule has 5 nitrogen and oxygen atoms in total. The van der Waals surface area contributed by atoms with E-state index in [0.29, 0.717) is 5.75 Å². The molecule has 1 aliphatic heterocycles. The number of ether oxygens (including phenoxy) is 1. The number of amides is 1. The lowest BCUT2D eigenvalue weighted by Crippen LogP contribution is -2.56. The Morgan fingerprint density at radius 3 is 2.35 bits per heavy atom. The standard InChI is InChI=1S/C15H17F3N2O3/c1-9(2)12-8-14(22,15(16,17)18)20(19-12)13(21)10-4-6-11(23-3)7-5-10/h4-7,9,22H,8H2,1-3H3. The molecule has 0 bridgehead atoms. The quantitative estimate of drug-likeness (QED) is 0.927. The molecule has 1 unspecified atom stereocenters. The van der Waals surface area contributed by atoms with Crippen molar-refractivity contribution in [3.63, 3.8) is 0 Å². The molecule has 8 heteroatoms. The van der Waals surface area contributed by atoms with Crippen molar-refractivity contribution in [3.05, 3.63) is 29.8 Å². The van der Waals surface area contributed by atoms with Crippen LogP contribution in [0.3, 0.4) is 0 Å². The number of hydrogen-bond donors (Lipinski definition) is 1. The van der Waals surface area contributed by atoms with Gasteiger partial charge in [0.2, 0.25) is 0 Å². The Bertz CT molecular complexity index is 626. The van der Waals surface area contributed by atoms with Crippen LogP contribution in [0.2, 0.25) is 0 Å². The van der Waals surface area contributed by atoms with Crippen LogP contribution >= 0.6 is 0 Å². The largest absolute Gasteiger partial charge is 0.497 e. The minimum absolute atomic E-state index is 0.0257. The van der Waals surface area contributed by atoms with Gasteiger partial charge >= 0.3 is 6.18 Å². The molecule has 1 amide bonds. The van der Waals surface area contributed by atoms with E-state index in [4.69, 9.17) is 4.74 Å². The van der Waals surface area contributed by atoms with Crippen molar-refractivity contribution in [2.45, 2.75) is 32.2 Å². The number of carbonyl (C=O) groups is 1. The van der Waals surface area contributed by atoms with Crippen LogP contribution in [0.4, 0.5) is 13.2 Å². The van der Waals surface area contributed by atoms with Crippen molar-refractivity contribution < 1.29 is 27.8 Å². The van der Waals surface area contributed by atoms with Gasteiger partial charge in [0.25, 0.3) is 11.6 Å². The fourth-order valence-corrected chi connectivity index (χ4v) is 2.18. The maximum atomic E-state index is 13.3. The Labute approximate surface area is 131 Å². The Balaban J connectivity index is 2.41. The normalized spacial score (nSPS) is 21.6. The van der Waals surface area contributed by atoms with Gasteiger partial charge in [-0.15, -0.1) is 0 Å². The van der Waals surface area contributed by atoms with Gasteiger partial charge in [0.1, 0.15) is 5.75 Å². The van der Waals surface area contributed by atoms with Gasteiger partial charge in [-0.2, -0.15) is 23.3 Å².